The summed E-state index contributed by atoms with van der Waals surface area (Å²) in [5.74, 6) is -0.0313. The summed E-state index contributed by atoms with van der Waals surface area (Å²) in [5.41, 5.74) is 2.93. The Hall–Kier alpha value is -3.10. The highest BCUT2D eigenvalue weighted by molar-refractivity contribution is 7.99. The van der Waals surface area contributed by atoms with Crippen LogP contribution in [0, 0.1) is 6.92 Å². The third kappa shape index (κ3) is 5.46. The molecule has 0 unspecified atom stereocenters. The quantitative estimate of drug-likeness (QED) is 0.213. The van der Waals surface area contributed by atoms with Gasteiger partial charge in [0.1, 0.15) is 11.1 Å². The van der Waals surface area contributed by atoms with Gasteiger partial charge in [0.05, 0.1) is 11.9 Å². The molecule has 0 aliphatic rings. The first kappa shape index (κ1) is 23.1. The first-order valence-corrected chi connectivity index (χ1v) is 11.9. The molecular formula is C25H27N3O4S. The molecule has 0 aliphatic carbocycles. The number of para-hydroxylation sites is 1. The number of nitrogens with zero attached hydrogens (tertiary/aromatic N) is 2. The van der Waals surface area contributed by atoms with Crippen molar-refractivity contribution in [3.05, 3.63) is 64.4 Å². The van der Waals surface area contributed by atoms with E-state index in [0.717, 1.165) is 16.6 Å². The van der Waals surface area contributed by atoms with Gasteiger partial charge in [-0.25, -0.2) is 4.98 Å². The largest absolute Gasteiger partial charge is 0.448 e. The number of ether oxygens (including phenoxy) is 1. The lowest BCUT2D eigenvalue weighted by Crippen LogP contribution is -2.24. The maximum Gasteiger partial charge on any atom is 0.297 e. The molecular weight excluding hydrogens is 438 g/mol. The summed E-state index contributed by atoms with van der Waals surface area (Å²) in [6, 6.07) is 15.1. The number of carbonyl (C=O) groups excluding carboxylic acids is 1. The lowest BCUT2D eigenvalue weighted by atomic mass is 10.2. The number of furan rings is 1. The van der Waals surface area contributed by atoms with Crippen LogP contribution in [0.3, 0.4) is 0 Å². The minimum Gasteiger partial charge on any atom is -0.448 e. The van der Waals surface area contributed by atoms with Crippen molar-refractivity contribution in [3.63, 3.8) is 0 Å². The van der Waals surface area contributed by atoms with Crippen molar-refractivity contribution >= 4 is 45.4 Å². The van der Waals surface area contributed by atoms with E-state index in [9.17, 15) is 9.59 Å². The van der Waals surface area contributed by atoms with E-state index >= 15 is 0 Å². The molecule has 172 valence electrons. The van der Waals surface area contributed by atoms with Crippen molar-refractivity contribution in [1.29, 1.82) is 0 Å². The SMILES string of the molecule is Cc1cccc(NC(=O)CSc2nc3c(oc4ccccc43)c(=O)n2CCCOC(C)C)c1. The van der Waals surface area contributed by atoms with Crippen LogP contribution in [0.4, 0.5) is 5.69 Å². The molecule has 2 aromatic heterocycles. The Morgan fingerprint density at radius 1 is 1.21 bits per heavy atom. The van der Waals surface area contributed by atoms with Crippen LogP contribution in [0.5, 0.6) is 0 Å². The molecule has 2 aromatic carbocycles. The van der Waals surface area contributed by atoms with Crippen LogP contribution in [-0.4, -0.2) is 33.9 Å². The summed E-state index contributed by atoms with van der Waals surface area (Å²) < 4.78 is 13.0. The first-order valence-electron chi connectivity index (χ1n) is 11.0. The number of benzene rings is 2. The summed E-state index contributed by atoms with van der Waals surface area (Å²) in [7, 11) is 0. The number of aryl methyl sites for hydroxylation is 1. The highest BCUT2D eigenvalue weighted by Gasteiger charge is 2.18. The van der Waals surface area contributed by atoms with E-state index in [1.54, 1.807) is 4.57 Å². The number of fused-ring (bicyclic) bond motifs is 3. The minimum absolute atomic E-state index is 0.122. The summed E-state index contributed by atoms with van der Waals surface area (Å²) in [6.45, 7) is 6.87. The standard InChI is InChI=1S/C25H27N3O4S/c1-16(2)31-13-7-12-28-24(30)23-22(19-10-4-5-11-20(19)32-23)27-25(28)33-15-21(29)26-18-9-6-8-17(3)14-18/h4-6,8-11,14,16H,7,12-13,15H2,1-3H3,(H,26,29). The second kappa shape index (κ2) is 10.2. The van der Waals surface area contributed by atoms with E-state index in [1.165, 1.54) is 11.8 Å². The second-order valence-electron chi connectivity index (χ2n) is 8.11. The molecule has 8 heteroatoms. The second-order valence-corrected chi connectivity index (χ2v) is 9.05. The molecule has 2 heterocycles. The summed E-state index contributed by atoms with van der Waals surface area (Å²) >= 11 is 1.24. The molecule has 0 saturated carbocycles. The van der Waals surface area contributed by atoms with Gasteiger partial charge in [0.2, 0.25) is 11.5 Å². The maximum atomic E-state index is 13.3. The zero-order chi connectivity index (χ0) is 23.4. The highest BCUT2D eigenvalue weighted by atomic mass is 32.2. The minimum atomic E-state index is -0.248. The van der Waals surface area contributed by atoms with Gasteiger partial charge >= 0.3 is 0 Å². The molecule has 1 amide bonds. The van der Waals surface area contributed by atoms with E-state index in [-0.39, 0.29) is 28.9 Å². The number of thioether (sulfide) groups is 1. The first-order chi connectivity index (χ1) is 15.9. The predicted molar refractivity (Wildman–Crippen MR) is 132 cm³/mol. The van der Waals surface area contributed by atoms with Gasteiger partial charge < -0.3 is 14.5 Å². The van der Waals surface area contributed by atoms with Gasteiger partial charge in [0, 0.05) is 24.2 Å². The molecule has 0 saturated heterocycles. The summed E-state index contributed by atoms with van der Waals surface area (Å²) in [4.78, 5) is 30.6. The Morgan fingerprint density at radius 2 is 2.03 bits per heavy atom. The molecule has 0 fully saturated rings. The Kier molecular flexibility index (Phi) is 7.15. The Balaban J connectivity index is 1.60. The summed E-state index contributed by atoms with van der Waals surface area (Å²) in [6.07, 6.45) is 0.769. The van der Waals surface area contributed by atoms with E-state index in [4.69, 9.17) is 14.1 Å². The lowest BCUT2D eigenvalue weighted by molar-refractivity contribution is -0.113. The monoisotopic (exact) mass is 465 g/mol. The van der Waals surface area contributed by atoms with Crippen LogP contribution in [0.25, 0.3) is 22.1 Å². The zero-order valence-corrected chi connectivity index (χ0v) is 19.8. The smallest absolute Gasteiger partial charge is 0.297 e. The average Bonchev–Trinajstić information content (AvgIpc) is 3.15. The van der Waals surface area contributed by atoms with Crippen LogP contribution in [0.2, 0.25) is 0 Å². The van der Waals surface area contributed by atoms with Gasteiger partial charge in [-0.3, -0.25) is 14.2 Å². The van der Waals surface area contributed by atoms with Crippen molar-refractivity contribution in [2.45, 2.75) is 45.0 Å². The van der Waals surface area contributed by atoms with Crippen LogP contribution in [0.15, 0.2) is 62.9 Å². The number of aromatic nitrogens is 2. The van der Waals surface area contributed by atoms with Crippen molar-refractivity contribution in [2.24, 2.45) is 0 Å². The van der Waals surface area contributed by atoms with Gasteiger partial charge in [-0.2, -0.15) is 0 Å². The molecule has 1 N–H and O–H groups in total. The number of carbonyl (C=O) groups is 1. The van der Waals surface area contributed by atoms with Crippen LogP contribution >= 0.6 is 11.8 Å². The van der Waals surface area contributed by atoms with Crippen LogP contribution in [-0.2, 0) is 16.1 Å². The molecule has 0 aliphatic heterocycles. The predicted octanol–water partition coefficient (Wildman–Crippen LogP) is 5.00. The molecule has 0 bridgehead atoms. The Labute approximate surface area is 196 Å². The lowest BCUT2D eigenvalue weighted by Gasteiger charge is -2.13. The third-order valence-corrected chi connectivity index (χ3v) is 6.03. The number of amides is 1. The van der Waals surface area contributed by atoms with Crippen LogP contribution < -0.4 is 10.9 Å². The molecule has 4 rings (SSSR count). The molecule has 0 atom stereocenters. The van der Waals surface area contributed by atoms with Crippen molar-refractivity contribution in [1.82, 2.24) is 9.55 Å². The number of hydrogen-bond donors (Lipinski definition) is 1. The van der Waals surface area contributed by atoms with E-state index in [1.807, 2.05) is 69.3 Å². The topological polar surface area (TPSA) is 86.4 Å². The Bertz CT molecular complexity index is 1340. The number of hydrogen-bond acceptors (Lipinski definition) is 6. The molecule has 7 nitrogen and oxygen atoms in total. The molecule has 0 radical (unpaired) electrons. The van der Waals surface area contributed by atoms with Crippen molar-refractivity contribution in [2.75, 3.05) is 17.7 Å². The number of rotatable bonds is 9. The number of anilines is 1. The normalized spacial score (nSPS) is 11.5. The van der Waals surface area contributed by atoms with Crippen molar-refractivity contribution in [3.8, 4) is 0 Å². The Morgan fingerprint density at radius 3 is 2.82 bits per heavy atom. The van der Waals surface area contributed by atoms with Crippen molar-refractivity contribution < 1.29 is 13.9 Å². The van der Waals surface area contributed by atoms with Gasteiger partial charge in [0.15, 0.2) is 5.16 Å². The van der Waals surface area contributed by atoms with E-state index < -0.39 is 0 Å². The maximum absolute atomic E-state index is 13.3. The molecule has 4 aromatic rings. The van der Waals surface area contributed by atoms with Gasteiger partial charge in [-0.1, -0.05) is 36.0 Å². The fourth-order valence-corrected chi connectivity index (χ4v) is 4.37. The molecule has 0 spiro atoms. The molecule has 33 heavy (non-hydrogen) atoms. The highest BCUT2D eigenvalue weighted by Crippen LogP contribution is 2.27. The fraction of sp³-hybridized carbons (Fsp3) is 0.320. The van der Waals surface area contributed by atoms with E-state index in [2.05, 4.69) is 5.32 Å². The fourth-order valence-electron chi connectivity index (χ4n) is 3.55. The van der Waals surface area contributed by atoms with Gasteiger partial charge in [-0.15, -0.1) is 0 Å². The van der Waals surface area contributed by atoms with Gasteiger partial charge in [-0.05, 0) is 57.0 Å². The van der Waals surface area contributed by atoms with Crippen LogP contribution in [0.1, 0.15) is 25.8 Å². The van der Waals surface area contributed by atoms with Gasteiger partial charge in [0.25, 0.3) is 5.56 Å². The average molecular weight is 466 g/mol. The zero-order valence-electron chi connectivity index (χ0n) is 19.0. The van der Waals surface area contributed by atoms with E-state index in [0.29, 0.717) is 35.8 Å². The third-order valence-electron chi connectivity index (χ3n) is 5.06. The summed E-state index contributed by atoms with van der Waals surface area (Å²) in [5, 5.41) is 4.17. The number of nitrogens with one attached hydrogen (secondary N) is 1.